The molecular weight excluding hydrogens is 192 g/mol. The van der Waals surface area contributed by atoms with E-state index in [4.69, 9.17) is 0 Å². The Morgan fingerprint density at radius 3 is 1.60 bits per heavy atom. The van der Waals surface area contributed by atoms with Crippen LogP contribution in [0.25, 0.3) is 0 Å². The highest BCUT2D eigenvalue weighted by Gasteiger charge is 2.42. The van der Waals surface area contributed by atoms with Crippen LogP contribution in [0.1, 0.15) is 52.9 Å². The van der Waals surface area contributed by atoms with Crippen LogP contribution in [0.4, 0.5) is 0 Å². The molecule has 0 rings (SSSR count). The monoisotopic (exact) mass is 211 g/mol. The fourth-order valence-corrected chi connectivity index (χ4v) is 1.62. The lowest BCUT2D eigenvalue weighted by atomic mass is 9.75. The smallest absolute Gasteiger partial charge is 0.220 e. The zero-order valence-electron chi connectivity index (χ0n) is 9.76. The van der Waals surface area contributed by atoms with Crippen molar-refractivity contribution in [1.82, 2.24) is 0 Å². The molecule has 15 heavy (non-hydrogen) atoms. The second kappa shape index (κ2) is 6.49. The molecule has 0 bridgehead atoms. The van der Waals surface area contributed by atoms with Crippen LogP contribution in [0.15, 0.2) is 0 Å². The van der Waals surface area contributed by atoms with Gasteiger partial charge in [0.25, 0.3) is 0 Å². The average molecular weight is 211 g/mol. The summed E-state index contributed by atoms with van der Waals surface area (Å²) in [5, 5.41) is 0. The largest absolute Gasteiger partial charge is 0.298 e. The predicted molar refractivity (Wildman–Crippen MR) is 58.2 cm³/mol. The molecule has 85 valence electrons. The number of carbonyl (C=O) groups excluding carboxylic acids is 3. The molecule has 0 saturated carbocycles. The van der Waals surface area contributed by atoms with E-state index in [2.05, 4.69) is 0 Å². The van der Waals surface area contributed by atoms with E-state index in [1.165, 1.54) is 0 Å². The molecule has 1 radical (unpaired) electrons. The maximum absolute atomic E-state index is 11.8. The summed E-state index contributed by atoms with van der Waals surface area (Å²) < 4.78 is 0. The summed E-state index contributed by atoms with van der Waals surface area (Å²) in [6.07, 6.45) is 3.78. The number of Topliss-reactive ketones (excluding diaryl/α,β-unsaturated/α-hetero) is 2. The first-order valence-electron chi connectivity index (χ1n) is 5.54. The van der Waals surface area contributed by atoms with E-state index >= 15 is 0 Å². The summed E-state index contributed by atoms with van der Waals surface area (Å²) in [6.45, 7) is 5.40. The second-order valence-electron chi connectivity index (χ2n) is 3.71. The van der Waals surface area contributed by atoms with Gasteiger partial charge in [0, 0.05) is 12.8 Å². The Bertz CT molecular complexity index is 225. The maximum Gasteiger partial charge on any atom is 0.220 e. The number of hydrogen-bond donors (Lipinski definition) is 0. The first-order valence-corrected chi connectivity index (χ1v) is 5.54. The second-order valence-corrected chi connectivity index (χ2v) is 3.71. The van der Waals surface area contributed by atoms with E-state index in [-0.39, 0.29) is 30.8 Å². The lowest BCUT2D eigenvalue weighted by Crippen LogP contribution is -2.40. The molecule has 0 spiro atoms. The highest BCUT2D eigenvalue weighted by atomic mass is 16.2. The lowest BCUT2D eigenvalue weighted by molar-refractivity contribution is -0.136. The number of carbonyl (C=O) groups is 2. The summed E-state index contributed by atoms with van der Waals surface area (Å²) in [4.78, 5) is 34.4. The summed E-state index contributed by atoms with van der Waals surface area (Å²) in [5.41, 5.74) is -1.48. The minimum absolute atomic E-state index is 0.230. The Morgan fingerprint density at radius 2 is 1.40 bits per heavy atom. The van der Waals surface area contributed by atoms with Crippen molar-refractivity contribution in [2.24, 2.45) is 5.41 Å². The molecule has 0 atom stereocenters. The lowest BCUT2D eigenvalue weighted by Gasteiger charge is -2.22. The van der Waals surface area contributed by atoms with Gasteiger partial charge in [-0.05, 0) is 19.3 Å². The van der Waals surface area contributed by atoms with Gasteiger partial charge in [-0.25, -0.2) is 0 Å². The molecule has 0 aliphatic heterocycles. The van der Waals surface area contributed by atoms with Gasteiger partial charge in [-0.15, -0.1) is 0 Å². The Labute approximate surface area is 91.2 Å². The standard InChI is InChI=1S/C12H19O3/c1-4-7-10(14)12(6-3,9-13)11(15)8-5-2/h4-8H2,1-3H3. The molecule has 0 aromatic carbocycles. The predicted octanol–water partition coefficient (Wildman–Crippen LogP) is 2.23. The molecule has 0 unspecified atom stereocenters. The van der Waals surface area contributed by atoms with Gasteiger partial charge in [0.1, 0.15) is 0 Å². The van der Waals surface area contributed by atoms with E-state index in [1.807, 2.05) is 13.8 Å². The van der Waals surface area contributed by atoms with Crippen LogP contribution in [0.5, 0.6) is 0 Å². The number of ketones is 2. The molecule has 0 heterocycles. The van der Waals surface area contributed by atoms with Gasteiger partial charge in [-0.3, -0.25) is 14.4 Å². The minimum atomic E-state index is -1.48. The molecule has 0 aromatic rings. The van der Waals surface area contributed by atoms with E-state index in [0.717, 1.165) is 0 Å². The molecule has 0 aliphatic carbocycles. The third-order valence-electron chi connectivity index (χ3n) is 2.61. The zero-order chi connectivity index (χ0) is 11.9. The molecular formula is C12H19O3. The number of hydrogen-bond acceptors (Lipinski definition) is 3. The maximum atomic E-state index is 11.8. The van der Waals surface area contributed by atoms with Crippen molar-refractivity contribution < 1.29 is 14.4 Å². The van der Waals surface area contributed by atoms with Crippen molar-refractivity contribution in [2.45, 2.75) is 52.9 Å². The summed E-state index contributed by atoms with van der Waals surface area (Å²) in [7, 11) is 0. The van der Waals surface area contributed by atoms with Crippen LogP contribution in [0.2, 0.25) is 0 Å². The first-order chi connectivity index (χ1) is 7.08. The van der Waals surface area contributed by atoms with Crippen LogP contribution in [0.3, 0.4) is 0 Å². The van der Waals surface area contributed by atoms with Crippen molar-refractivity contribution in [3.63, 3.8) is 0 Å². The van der Waals surface area contributed by atoms with Crippen LogP contribution in [0, 0.1) is 5.41 Å². The van der Waals surface area contributed by atoms with Crippen LogP contribution in [-0.2, 0) is 14.4 Å². The third-order valence-corrected chi connectivity index (χ3v) is 2.61. The van der Waals surface area contributed by atoms with Crippen LogP contribution >= 0.6 is 0 Å². The Morgan fingerprint density at radius 1 is 1.00 bits per heavy atom. The summed E-state index contributed by atoms with van der Waals surface area (Å²) >= 11 is 0. The Hall–Kier alpha value is -0.990. The topological polar surface area (TPSA) is 51.2 Å². The fraction of sp³-hybridized carbons (Fsp3) is 0.750. The van der Waals surface area contributed by atoms with Crippen molar-refractivity contribution >= 4 is 17.9 Å². The van der Waals surface area contributed by atoms with E-state index in [9.17, 15) is 14.4 Å². The first kappa shape index (κ1) is 14.0. The van der Waals surface area contributed by atoms with Crippen molar-refractivity contribution in [2.75, 3.05) is 0 Å². The quantitative estimate of drug-likeness (QED) is 0.578. The van der Waals surface area contributed by atoms with E-state index in [0.29, 0.717) is 12.8 Å². The molecule has 0 aliphatic rings. The van der Waals surface area contributed by atoms with Gasteiger partial charge in [0.05, 0.1) is 0 Å². The van der Waals surface area contributed by atoms with Gasteiger partial charge in [0.2, 0.25) is 6.29 Å². The SMILES string of the molecule is CCCC(=O)C([C]=O)(CC)C(=O)CCC. The molecule has 3 nitrogen and oxygen atoms in total. The molecule has 0 aromatic heterocycles. The molecule has 0 N–H and O–H groups in total. The molecule has 3 heteroatoms. The van der Waals surface area contributed by atoms with Crippen molar-refractivity contribution in [1.29, 1.82) is 0 Å². The minimum Gasteiger partial charge on any atom is -0.298 e. The molecule has 0 amide bonds. The van der Waals surface area contributed by atoms with Crippen LogP contribution in [-0.4, -0.2) is 17.9 Å². The number of rotatable bonds is 8. The summed E-state index contributed by atoms with van der Waals surface area (Å²) in [6, 6.07) is 0. The normalized spacial score (nSPS) is 11.1. The molecule has 0 saturated heterocycles. The zero-order valence-corrected chi connectivity index (χ0v) is 9.76. The Balaban J connectivity index is 4.94. The average Bonchev–Trinajstić information content (AvgIpc) is 2.21. The van der Waals surface area contributed by atoms with Crippen molar-refractivity contribution in [3.05, 3.63) is 0 Å². The van der Waals surface area contributed by atoms with Crippen LogP contribution < -0.4 is 0 Å². The van der Waals surface area contributed by atoms with E-state index in [1.54, 1.807) is 13.2 Å². The van der Waals surface area contributed by atoms with E-state index < -0.39 is 5.41 Å². The van der Waals surface area contributed by atoms with Gasteiger partial charge in [-0.1, -0.05) is 20.8 Å². The highest BCUT2D eigenvalue weighted by Crippen LogP contribution is 2.26. The fourth-order valence-electron chi connectivity index (χ4n) is 1.62. The van der Waals surface area contributed by atoms with Gasteiger partial charge in [0.15, 0.2) is 17.0 Å². The summed E-state index contributed by atoms with van der Waals surface area (Å²) in [5.74, 6) is -0.554. The van der Waals surface area contributed by atoms with Gasteiger partial charge < -0.3 is 0 Å². The molecule has 0 fully saturated rings. The van der Waals surface area contributed by atoms with Gasteiger partial charge in [-0.2, -0.15) is 0 Å². The third kappa shape index (κ3) is 2.98. The Kier molecular flexibility index (Phi) is 6.06. The van der Waals surface area contributed by atoms with Gasteiger partial charge >= 0.3 is 0 Å². The highest BCUT2D eigenvalue weighted by molar-refractivity contribution is 6.18. The van der Waals surface area contributed by atoms with Crippen molar-refractivity contribution in [3.8, 4) is 0 Å².